The highest BCUT2D eigenvalue weighted by Gasteiger charge is 2.22. The van der Waals surface area contributed by atoms with Crippen LogP contribution in [-0.4, -0.2) is 43.1 Å². The molecule has 0 radical (unpaired) electrons. The van der Waals surface area contributed by atoms with E-state index in [0.29, 0.717) is 0 Å². The topological polar surface area (TPSA) is 31.4 Å². The van der Waals surface area contributed by atoms with Crippen LogP contribution in [0.15, 0.2) is 36.5 Å². The second-order valence-electron chi connectivity index (χ2n) is 8.14. The highest BCUT2D eigenvalue weighted by Crippen LogP contribution is 2.28. The molecule has 2 aromatic rings. The number of nitrogens with one attached hydrogen (secondary N) is 1. The summed E-state index contributed by atoms with van der Waals surface area (Å²) >= 11 is 0. The quantitative estimate of drug-likeness (QED) is 0.639. The molecular weight excluding hydrogens is 356 g/mol. The third kappa shape index (κ3) is 5.11. The summed E-state index contributed by atoms with van der Waals surface area (Å²) < 4.78 is 0. The van der Waals surface area contributed by atoms with Gasteiger partial charge in [-0.2, -0.15) is 0 Å². The molecule has 29 heavy (non-hydrogen) atoms. The summed E-state index contributed by atoms with van der Waals surface area (Å²) in [7, 11) is 1.98. The minimum Gasteiger partial charge on any atom is -0.388 e. The lowest BCUT2D eigenvalue weighted by Gasteiger charge is -2.39. The largest absolute Gasteiger partial charge is 0.388 e. The summed E-state index contributed by atoms with van der Waals surface area (Å²) in [5.41, 5.74) is 7.76. The first-order valence-electron chi connectivity index (χ1n) is 11.0. The van der Waals surface area contributed by atoms with Crippen LogP contribution in [0.3, 0.4) is 0 Å². The Morgan fingerprint density at radius 2 is 1.83 bits per heavy atom. The van der Waals surface area contributed by atoms with Crippen molar-refractivity contribution < 1.29 is 0 Å². The molecule has 1 aromatic carbocycles. The van der Waals surface area contributed by atoms with E-state index < -0.39 is 0 Å². The number of nitrogens with zero attached hydrogens (tertiary/aromatic N) is 3. The van der Waals surface area contributed by atoms with E-state index in [9.17, 15) is 0 Å². The number of aromatic nitrogens is 1. The van der Waals surface area contributed by atoms with Gasteiger partial charge in [-0.05, 0) is 62.4 Å². The molecule has 0 unspecified atom stereocenters. The van der Waals surface area contributed by atoms with Gasteiger partial charge in [0.2, 0.25) is 0 Å². The highest BCUT2D eigenvalue weighted by molar-refractivity contribution is 5.69. The third-order valence-electron chi connectivity index (χ3n) is 5.79. The number of benzene rings is 1. The Labute approximate surface area is 176 Å². The standard InChI is InChI=1S/C25H36N4/c1-6-7-8-9-24(23-11-10-22(26-5)17-20(23)3)28-12-14-29(15-13-28)25-21(4)16-19(2)18-27-25/h9-11,16-18,26H,6-8,12-15H2,1-5H3/b24-9+. The van der Waals surface area contributed by atoms with E-state index in [1.54, 1.807) is 0 Å². The summed E-state index contributed by atoms with van der Waals surface area (Å²) in [6.45, 7) is 12.8. The van der Waals surface area contributed by atoms with E-state index in [0.717, 1.165) is 38.4 Å². The van der Waals surface area contributed by atoms with Gasteiger partial charge in [0.15, 0.2) is 0 Å². The van der Waals surface area contributed by atoms with Crippen LogP contribution in [0.25, 0.3) is 5.70 Å². The molecule has 0 saturated carbocycles. The van der Waals surface area contributed by atoms with Gasteiger partial charge in [-0.1, -0.05) is 31.6 Å². The normalized spacial score (nSPS) is 15.0. The summed E-state index contributed by atoms with van der Waals surface area (Å²) in [6, 6.07) is 8.94. The SMILES string of the molecule is CCCC/C=C(\c1ccc(NC)cc1C)N1CCN(c2ncc(C)cc2C)CC1. The molecule has 1 fully saturated rings. The fourth-order valence-electron chi connectivity index (χ4n) is 4.16. The molecule has 156 valence electrons. The number of pyridine rings is 1. The maximum atomic E-state index is 4.71. The molecule has 4 nitrogen and oxygen atoms in total. The average Bonchev–Trinajstić information content (AvgIpc) is 2.72. The van der Waals surface area contributed by atoms with Crippen molar-refractivity contribution in [3.63, 3.8) is 0 Å². The van der Waals surface area contributed by atoms with Crippen LogP contribution >= 0.6 is 0 Å². The molecular formula is C25H36N4. The monoisotopic (exact) mass is 392 g/mol. The van der Waals surface area contributed by atoms with Gasteiger partial charge in [0.25, 0.3) is 0 Å². The molecule has 0 bridgehead atoms. The van der Waals surface area contributed by atoms with Crippen LogP contribution in [0.1, 0.15) is 48.4 Å². The first kappa shape index (κ1) is 21.2. The molecule has 1 saturated heterocycles. The minimum atomic E-state index is 1.01. The van der Waals surface area contributed by atoms with Gasteiger partial charge in [-0.3, -0.25) is 0 Å². The molecule has 1 aliphatic rings. The van der Waals surface area contributed by atoms with E-state index in [4.69, 9.17) is 4.98 Å². The summed E-state index contributed by atoms with van der Waals surface area (Å²) in [5, 5.41) is 3.25. The van der Waals surface area contributed by atoms with Gasteiger partial charge >= 0.3 is 0 Å². The van der Waals surface area contributed by atoms with Crippen LogP contribution in [0.4, 0.5) is 11.5 Å². The molecule has 0 atom stereocenters. The van der Waals surface area contributed by atoms with Gasteiger partial charge in [0, 0.05) is 56.4 Å². The van der Waals surface area contributed by atoms with Crippen LogP contribution in [-0.2, 0) is 0 Å². The predicted octanol–water partition coefficient (Wildman–Crippen LogP) is 5.40. The van der Waals surface area contributed by atoms with Crippen LogP contribution in [0.2, 0.25) is 0 Å². The number of aryl methyl sites for hydroxylation is 3. The maximum Gasteiger partial charge on any atom is 0.131 e. The Hall–Kier alpha value is -2.49. The molecule has 0 aliphatic carbocycles. The highest BCUT2D eigenvalue weighted by atomic mass is 15.3. The molecule has 0 amide bonds. The van der Waals surface area contributed by atoms with E-state index in [-0.39, 0.29) is 0 Å². The van der Waals surface area contributed by atoms with E-state index >= 15 is 0 Å². The van der Waals surface area contributed by atoms with Gasteiger partial charge < -0.3 is 15.1 Å². The van der Waals surface area contributed by atoms with Crippen molar-refractivity contribution in [3.05, 3.63) is 58.8 Å². The maximum absolute atomic E-state index is 4.71. The van der Waals surface area contributed by atoms with Crippen molar-refractivity contribution in [1.82, 2.24) is 9.88 Å². The summed E-state index contributed by atoms with van der Waals surface area (Å²) in [6.07, 6.45) is 8.04. The summed E-state index contributed by atoms with van der Waals surface area (Å²) in [5.74, 6) is 1.14. The molecule has 1 N–H and O–H groups in total. The van der Waals surface area contributed by atoms with Gasteiger partial charge in [0.05, 0.1) is 0 Å². The second-order valence-corrected chi connectivity index (χ2v) is 8.14. The van der Waals surface area contributed by atoms with E-state index in [1.165, 1.54) is 46.5 Å². The zero-order valence-corrected chi connectivity index (χ0v) is 18.8. The number of hydrogen-bond acceptors (Lipinski definition) is 4. The molecule has 1 aliphatic heterocycles. The van der Waals surface area contributed by atoms with E-state index in [2.05, 4.69) is 73.2 Å². The third-order valence-corrected chi connectivity index (χ3v) is 5.79. The van der Waals surface area contributed by atoms with Crippen molar-refractivity contribution in [2.45, 2.75) is 47.0 Å². The Morgan fingerprint density at radius 1 is 1.07 bits per heavy atom. The van der Waals surface area contributed by atoms with Crippen LogP contribution < -0.4 is 10.2 Å². The lowest BCUT2D eigenvalue weighted by molar-refractivity contribution is 0.365. The fourth-order valence-corrected chi connectivity index (χ4v) is 4.16. The molecule has 2 heterocycles. The zero-order chi connectivity index (χ0) is 20.8. The number of hydrogen-bond donors (Lipinski definition) is 1. The summed E-state index contributed by atoms with van der Waals surface area (Å²) in [4.78, 5) is 9.71. The molecule has 0 spiro atoms. The van der Waals surface area contributed by atoms with Crippen LogP contribution in [0.5, 0.6) is 0 Å². The zero-order valence-electron chi connectivity index (χ0n) is 18.8. The lowest BCUT2D eigenvalue weighted by Crippen LogP contribution is -2.46. The van der Waals surface area contributed by atoms with Crippen molar-refractivity contribution in [2.24, 2.45) is 0 Å². The fraction of sp³-hybridized carbons (Fsp3) is 0.480. The van der Waals surface area contributed by atoms with Crippen molar-refractivity contribution in [3.8, 4) is 0 Å². The first-order valence-corrected chi connectivity index (χ1v) is 11.0. The number of anilines is 2. The van der Waals surface area contributed by atoms with Crippen LogP contribution in [0, 0.1) is 20.8 Å². The van der Waals surface area contributed by atoms with Crippen molar-refractivity contribution in [2.75, 3.05) is 43.4 Å². The second kappa shape index (κ2) is 9.82. The average molecular weight is 393 g/mol. The number of unbranched alkanes of at least 4 members (excludes halogenated alkanes) is 2. The minimum absolute atomic E-state index is 1.01. The Bertz CT molecular complexity index is 848. The van der Waals surface area contributed by atoms with Gasteiger partial charge in [-0.25, -0.2) is 4.98 Å². The van der Waals surface area contributed by atoms with Crippen molar-refractivity contribution >= 4 is 17.2 Å². The Kier molecular flexibility index (Phi) is 7.18. The smallest absolute Gasteiger partial charge is 0.131 e. The van der Waals surface area contributed by atoms with Gasteiger partial charge in [-0.15, -0.1) is 0 Å². The van der Waals surface area contributed by atoms with Gasteiger partial charge in [0.1, 0.15) is 5.82 Å². The number of rotatable bonds is 7. The molecule has 1 aromatic heterocycles. The predicted molar refractivity (Wildman–Crippen MR) is 126 cm³/mol. The first-order chi connectivity index (χ1) is 14.0. The molecule has 3 rings (SSSR count). The van der Waals surface area contributed by atoms with E-state index in [1.807, 2.05) is 13.2 Å². The Balaban J connectivity index is 1.79. The molecule has 4 heteroatoms. The Morgan fingerprint density at radius 3 is 2.45 bits per heavy atom. The number of piperazine rings is 1. The van der Waals surface area contributed by atoms with Crippen molar-refractivity contribution in [1.29, 1.82) is 0 Å². The number of allylic oxidation sites excluding steroid dienone is 1. The lowest BCUT2D eigenvalue weighted by atomic mass is 10.0.